The van der Waals surface area contributed by atoms with Crippen LogP contribution in [0.25, 0.3) is 0 Å². The molecule has 4 aromatic carbocycles. The molecule has 0 aliphatic heterocycles. The zero-order valence-electron chi connectivity index (χ0n) is 30.6. The summed E-state index contributed by atoms with van der Waals surface area (Å²) in [4.78, 5) is 41.3. The van der Waals surface area contributed by atoms with Gasteiger partial charge in [-0.3, -0.25) is 14.9 Å². The number of fused-ring (bicyclic) bond motifs is 1. The van der Waals surface area contributed by atoms with Crippen molar-refractivity contribution in [2.75, 3.05) is 7.11 Å². The number of rotatable bonds is 15. The molecule has 11 nitrogen and oxygen atoms in total. The molecule has 0 spiro atoms. The molecule has 0 aromatic heterocycles. The van der Waals surface area contributed by atoms with Crippen molar-refractivity contribution in [1.82, 2.24) is 21.3 Å². The third kappa shape index (κ3) is 10.7. The summed E-state index contributed by atoms with van der Waals surface area (Å²) in [5.74, 6) is -0.425. The Labute approximate surface area is 311 Å². The molecular formula is C42H50N4O7. The van der Waals surface area contributed by atoms with Crippen molar-refractivity contribution in [3.05, 3.63) is 137 Å². The van der Waals surface area contributed by atoms with Gasteiger partial charge in [0.2, 0.25) is 11.8 Å². The van der Waals surface area contributed by atoms with Crippen molar-refractivity contribution >= 4 is 17.9 Å². The Morgan fingerprint density at radius 1 is 0.792 bits per heavy atom. The monoisotopic (exact) mass is 722 g/mol. The summed E-state index contributed by atoms with van der Waals surface area (Å²) in [7, 11) is 1.58. The number of alkyl carbamates (subject to hydrolysis) is 1. The Kier molecular flexibility index (Phi) is 13.2. The molecule has 3 amide bonds. The summed E-state index contributed by atoms with van der Waals surface area (Å²) in [5, 5.41) is 35.0. The minimum atomic E-state index is -1.46. The van der Waals surface area contributed by atoms with Gasteiger partial charge in [0.05, 0.1) is 31.4 Å². The van der Waals surface area contributed by atoms with Gasteiger partial charge < -0.3 is 35.6 Å². The molecule has 0 saturated carbocycles. The lowest BCUT2D eigenvalue weighted by Crippen LogP contribution is -2.62. The van der Waals surface area contributed by atoms with E-state index in [0.717, 1.165) is 27.8 Å². The fraction of sp³-hybridized carbons (Fsp3) is 0.357. The molecule has 53 heavy (non-hydrogen) atoms. The van der Waals surface area contributed by atoms with Gasteiger partial charge in [0.1, 0.15) is 24.4 Å². The maximum atomic E-state index is 14.2. The van der Waals surface area contributed by atoms with Gasteiger partial charge in [-0.15, -0.1) is 0 Å². The molecule has 1 aliphatic carbocycles. The number of amides is 3. The highest BCUT2D eigenvalue weighted by Crippen LogP contribution is 2.31. The van der Waals surface area contributed by atoms with E-state index in [2.05, 4.69) is 21.3 Å². The molecule has 2 unspecified atom stereocenters. The van der Waals surface area contributed by atoms with Crippen LogP contribution in [0.4, 0.5) is 4.79 Å². The van der Waals surface area contributed by atoms with E-state index in [9.17, 15) is 24.6 Å². The lowest BCUT2D eigenvalue weighted by molar-refractivity contribution is -0.131. The highest BCUT2D eigenvalue weighted by Gasteiger charge is 2.40. The number of aliphatic hydroxyl groups excluding tert-OH is 2. The minimum Gasteiger partial charge on any atom is -0.497 e. The van der Waals surface area contributed by atoms with Gasteiger partial charge >= 0.3 is 6.09 Å². The summed E-state index contributed by atoms with van der Waals surface area (Å²) in [6, 6.07) is 29.4. The summed E-state index contributed by atoms with van der Waals surface area (Å²) in [5.41, 5.74) is 3.43. The van der Waals surface area contributed by atoms with E-state index in [4.69, 9.17) is 9.47 Å². The quantitative estimate of drug-likeness (QED) is 0.106. The maximum Gasteiger partial charge on any atom is 0.408 e. The topological polar surface area (TPSA) is 158 Å². The van der Waals surface area contributed by atoms with Crippen LogP contribution in [0.5, 0.6) is 5.75 Å². The van der Waals surface area contributed by atoms with E-state index in [-0.39, 0.29) is 19.6 Å². The minimum absolute atomic E-state index is 0.0251. The van der Waals surface area contributed by atoms with Gasteiger partial charge in [-0.25, -0.2) is 4.79 Å². The first-order chi connectivity index (χ1) is 25.4. The first-order valence-corrected chi connectivity index (χ1v) is 17.8. The first kappa shape index (κ1) is 39.0. The standard InChI is InChI=1S/C42H50N4O7/c1-42(2,3)38(46-41(51)53-26-29-15-9-6-10-16-29)40(50)44-33(23-27-13-7-5-8-14-27)37(48)36(43-25-28-19-21-31(52-4)22-20-28)39(49)45-35-32-18-12-11-17-30(32)24-34(35)47/h5-22,33-38,43,47-48H,23-26H2,1-4H3,(H,44,50)(H,45,49)(H,46,51)/t33-,34?,35-,36+,37?,38+/m0/s1. The van der Waals surface area contributed by atoms with E-state index in [1.54, 1.807) is 19.2 Å². The second-order valence-electron chi connectivity index (χ2n) is 14.5. The average molecular weight is 723 g/mol. The van der Waals surface area contributed by atoms with Gasteiger partial charge in [0.15, 0.2) is 0 Å². The van der Waals surface area contributed by atoms with E-state index in [1.807, 2.05) is 118 Å². The number of hydrogen-bond donors (Lipinski definition) is 6. The Bertz CT molecular complexity index is 1800. The normalized spacial score (nSPS) is 17.4. The number of ether oxygens (including phenoxy) is 2. The lowest BCUT2D eigenvalue weighted by atomic mass is 9.85. The largest absolute Gasteiger partial charge is 0.497 e. The fourth-order valence-electron chi connectivity index (χ4n) is 6.51. The van der Waals surface area contributed by atoms with Crippen molar-refractivity contribution in [2.24, 2.45) is 5.41 Å². The van der Waals surface area contributed by atoms with Gasteiger partial charge in [-0.2, -0.15) is 0 Å². The van der Waals surface area contributed by atoms with Crippen LogP contribution in [0, 0.1) is 5.41 Å². The van der Waals surface area contributed by atoms with Crippen LogP contribution in [0.1, 0.15) is 54.6 Å². The molecule has 11 heteroatoms. The summed E-state index contributed by atoms with van der Waals surface area (Å²) in [6.07, 6.45) is -2.52. The molecule has 6 atom stereocenters. The van der Waals surface area contributed by atoms with E-state index in [0.29, 0.717) is 12.2 Å². The Balaban J connectivity index is 1.40. The molecule has 0 radical (unpaired) electrons. The molecule has 1 aliphatic rings. The Morgan fingerprint density at radius 2 is 1.42 bits per heavy atom. The lowest BCUT2D eigenvalue weighted by Gasteiger charge is -2.35. The zero-order chi connectivity index (χ0) is 38.0. The number of nitrogens with one attached hydrogen (secondary N) is 4. The number of methoxy groups -OCH3 is 1. The smallest absolute Gasteiger partial charge is 0.408 e. The predicted molar refractivity (Wildman–Crippen MR) is 202 cm³/mol. The Hall–Kier alpha value is -5.23. The summed E-state index contributed by atoms with van der Waals surface area (Å²) < 4.78 is 10.7. The van der Waals surface area contributed by atoms with Gasteiger partial charge in [0.25, 0.3) is 0 Å². The zero-order valence-corrected chi connectivity index (χ0v) is 30.6. The predicted octanol–water partition coefficient (Wildman–Crippen LogP) is 4.36. The highest BCUT2D eigenvalue weighted by atomic mass is 16.5. The molecule has 4 aromatic rings. The second-order valence-corrected chi connectivity index (χ2v) is 14.5. The van der Waals surface area contributed by atoms with E-state index >= 15 is 0 Å². The fourth-order valence-corrected chi connectivity index (χ4v) is 6.51. The van der Waals surface area contributed by atoms with Gasteiger partial charge in [-0.05, 0) is 51.8 Å². The van der Waals surface area contributed by atoms with Crippen molar-refractivity contribution in [2.45, 2.75) is 83.1 Å². The van der Waals surface area contributed by atoms with Crippen LogP contribution >= 0.6 is 0 Å². The van der Waals surface area contributed by atoms with Crippen molar-refractivity contribution in [1.29, 1.82) is 0 Å². The molecule has 0 heterocycles. The molecule has 280 valence electrons. The molecule has 5 rings (SSSR count). The number of carbonyl (C=O) groups excluding carboxylic acids is 3. The van der Waals surface area contributed by atoms with Crippen molar-refractivity contribution in [3.63, 3.8) is 0 Å². The Morgan fingerprint density at radius 3 is 2.06 bits per heavy atom. The first-order valence-electron chi connectivity index (χ1n) is 17.8. The molecule has 6 N–H and O–H groups in total. The van der Waals surface area contributed by atoms with Crippen LogP contribution in [0.2, 0.25) is 0 Å². The van der Waals surface area contributed by atoms with Gasteiger partial charge in [0, 0.05) is 13.0 Å². The van der Waals surface area contributed by atoms with Gasteiger partial charge in [-0.1, -0.05) is 118 Å². The number of aliphatic hydroxyl groups is 2. The molecule has 0 bridgehead atoms. The van der Waals surface area contributed by atoms with Crippen LogP contribution in [0.15, 0.2) is 109 Å². The van der Waals surface area contributed by atoms with Crippen molar-refractivity contribution < 1.29 is 34.1 Å². The highest BCUT2D eigenvalue weighted by molar-refractivity contribution is 5.87. The third-order valence-electron chi connectivity index (χ3n) is 9.45. The number of benzene rings is 4. The van der Waals surface area contributed by atoms with Crippen LogP contribution in [-0.2, 0) is 40.3 Å². The summed E-state index contributed by atoms with van der Waals surface area (Å²) in [6.45, 7) is 5.67. The van der Waals surface area contributed by atoms with Crippen LogP contribution < -0.4 is 26.0 Å². The number of carbonyl (C=O) groups is 3. The average Bonchev–Trinajstić information content (AvgIpc) is 3.47. The SMILES string of the molecule is COc1ccc(CN[C@@H](C(=O)N[C@H]2c3ccccc3CC2O)C(O)[C@H](Cc2ccccc2)NC(=O)[C@@H](NC(=O)OCc2ccccc2)C(C)(C)C)cc1. The summed E-state index contributed by atoms with van der Waals surface area (Å²) >= 11 is 0. The molecule has 0 fully saturated rings. The molecular weight excluding hydrogens is 672 g/mol. The second kappa shape index (κ2) is 18.0. The van der Waals surface area contributed by atoms with Crippen LogP contribution in [-0.4, -0.2) is 65.6 Å². The van der Waals surface area contributed by atoms with E-state index < -0.39 is 59.7 Å². The van der Waals surface area contributed by atoms with Crippen LogP contribution in [0.3, 0.4) is 0 Å². The maximum absolute atomic E-state index is 14.2. The molecule has 0 saturated heterocycles. The van der Waals surface area contributed by atoms with Crippen molar-refractivity contribution in [3.8, 4) is 5.75 Å². The van der Waals surface area contributed by atoms with E-state index in [1.165, 1.54) is 0 Å². The third-order valence-corrected chi connectivity index (χ3v) is 9.45. The number of hydrogen-bond acceptors (Lipinski definition) is 8.